The maximum atomic E-state index is 13.2. The molecule has 1 saturated heterocycles. The van der Waals surface area contributed by atoms with Crippen LogP contribution in [0.4, 0.5) is 0 Å². The zero-order valence-corrected chi connectivity index (χ0v) is 17.3. The number of fused-ring (bicyclic) bond motifs is 1. The molecule has 3 heterocycles. The van der Waals surface area contributed by atoms with E-state index in [9.17, 15) is 4.79 Å². The second kappa shape index (κ2) is 8.66. The number of benzene rings is 2. The molecule has 31 heavy (non-hydrogen) atoms. The number of carbonyl (C=O) groups is 1. The minimum absolute atomic E-state index is 0.00270. The number of pyridine rings is 2. The average molecular weight is 409 g/mol. The van der Waals surface area contributed by atoms with Crippen molar-refractivity contribution in [3.05, 3.63) is 96.4 Å². The lowest BCUT2D eigenvalue weighted by atomic mass is 10.0. The molecule has 1 amide bonds. The molecule has 5 rings (SSSR count). The van der Waals surface area contributed by atoms with Gasteiger partial charge >= 0.3 is 0 Å². The number of hydrogen-bond donors (Lipinski definition) is 0. The first-order chi connectivity index (χ1) is 15.3. The maximum absolute atomic E-state index is 13.2. The highest BCUT2D eigenvalue weighted by Gasteiger charge is 2.23. The van der Waals surface area contributed by atoms with Gasteiger partial charge in [-0.05, 0) is 23.3 Å². The predicted molar refractivity (Wildman–Crippen MR) is 123 cm³/mol. The summed E-state index contributed by atoms with van der Waals surface area (Å²) in [7, 11) is 0. The molecule has 1 fully saturated rings. The van der Waals surface area contributed by atoms with Crippen LogP contribution in [0.5, 0.6) is 0 Å². The summed E-state index contributed by atoms with van der Waals surface area (Å²) < 4.78 is 0. The van der Waals surface area contributed by atoms with Gasteiger partial charge < -0.3 is 4.90 Å². The molecule has 2 aromatic carbocycles. The van der Waals surface area contributed by atoms with E-state index in [1.165, 1.54) is 5.56 Å². The van der Waals surface area contributed by atoms with E-state index in [-0.39, 0.29) is 5.91 Å². The third-order valence-electron chi connectivity index (χ3n) is 5.81. The van der Waals surface area contributed by atoms with Crippen LogP contribution in [-0.4, -0.2) is 51.9 Å². The van der Waals surface area contributed by atoms with Crippen molar-refractivity contribution in [3.8, 4) is 11.1 Å². The molecule has 0 aliphatic carbocycles. The number of carbonyl (C=O) groups excluding carboxylic acids is 1. The number of aromatic nitrogens is 2. The smallest absolute Gasteiger partial charge is 0.272 e. The molecule has 0 bridgehead atoms. The highest BCUT2D eigenvalue weighted by atomic mass is 16.2. The second-order valence-electron chi connectivity index (χ2n) is 7.88. The number of piperazine rings is 1. The quantitative estimate of drug-likeness (QED) is 0.506. The van der Waals surface area contributed by atoms with Gasteiger partial charge in [0.25, 0.3) is 5.91 Å². The molecule has 5 heteroatoms. The van der Waals surface area contributed by atoms with Crippen molar-refractivity contribution in [1.29, 1.82) is 0 Å². The van der Waals surface area contributed by atoms with Gasteiger partial charge in [-0.15, -0.1) is 0 Å². The molecule has 4 aromatic rings. The van der Waals surface area contributed by atoms with Crippen LogP contribution in [0, 0.1) is 0 Å². The minimum Gasteiger partial charge on any atom is -0.335 e. The predicted octanol–water partition coefficient (Wildman–Crippen LogP) is 4.25. The Balaban J connectivity index is 1.33. The Bertz CT molecular complexity index is 1190. The van der Waals surface area contributed by atoms with Crippen LogP contribution in [0.3, 0.4) is 0 Å². The largest absolute Gasteiger partial charge is 0.335 e. The molecule has 1 aliphatic rings. The monoisotopic (exact) mass is 408 g/mol. The van der Waals surface area contributed by atoms with Gasteiger partial charge in [-0.3, -0.25) is 14.7 Å². The Morgan fingerprint density at radius 2 is 1.52 bits per heavy atom. The van der Waals surface area contributed by atoms with Crippen LogP contribution < -0.4 is 0 Å². The number of hydrogen-bond acceptors (Lipinski definition) is 4. The summed E-state index contributed by atoms with van der Waals surface area (Å²) in [6, 6.07) is 24.3. The van der Waals surface area contributed by atoms with E-state index >= 15 is 0 Å². The highest BCUT2D eigenvalue weighted by Crippen LogP contribution is 2.26. The summed E-state index contributed by atoms with van der Waals surface area (Å²) in [5.74, 6) is -0.00270. The number of rotatable bonds is 4. The normalized spacial score (nSPS) is 14.6. The van der Waals surface area contributed by atoms with Crippen LogP contribution in [-0.2, 0) is 6.54 Å². The zero-order valence-electron chi connectivity index (χ0n) is 17.3. The Morgan fingerprint density at radius 1 is 0.806 bits per heavy atom. The van der Waals surface area contributed by atoms with E-state index in [0.29, 0.717) is 18.8 Å². The molecule has 0 radical (unpaired) electrons. The van der Waals surface area contributed by atoms with Crippen molar-refractivity contribution >= 4 is 16.8 Å². The first-order valence-corrected chi connectivity index (χ1v) is 10.6. The lowest BCUT2D eigenvalue weighted by molar-refractivity contribution is 0.0623. The standard InChI is InChI=1S/C26H24N4O/c31-26(30-15-13-29(14-16-30)19-20-7-3-1-4-8-20)24-12-11-22-17-27-18-23(25(22)28-24)21-9-5-2-6-10-21/h1-12,17-18H,13-16,19H2. The van der Waals surface area contributed by atoms with Gasteiger partial charge in [-0.1, -0.05) is 60.7 Å². The molecular formula is C26H24N4O. The third-order valence-corrected chi connectivity index (χ3v) is 5.81. The van der Waals surface area contributed by atoms with E-state index < -0.39 is 0 Å². The Hall–Kier alpha value is -3.57. The van der Waals surface area contributed by atoms with Crippen molar-refractivity contribution in [3.63, 3.8) is 0 Å². The molecule has 5 nitrogen and oxygen atoms in total. The van der Waals surface area contributed by atoms with Crippen molar-refractivity contribution in [1.82, 2.24) is 19.8 Å². The van der Waals surface area contributed by atoms with Gasteiger partial charge in [-0.2, -0.15) is 0 Å². The van der Waals surface area contributed by atoms with Crippen molar-refractivity contribution in [2.75, 3.05) is 26.2 Å². The summed E-state index contributed by atoms with van der Waals surface area (Å²) in [6.45, 7) is 4.09. The van der Waals surface area contributed by atoms with Crippen molar-refractivity contribution < 1.29 is 4.79 Å². The third kappa shape index (κ3) is 4.18. The first kappa shape index (κ1) is 19.4. The van der Waals surface area contributed by atoms with Gasteiger partial charge in [0.05, 0.1) is 5.52 Å². The van der Waals surface area contributed by atoms with Gasteiger partial charge in [0, 0.05) is 56.1 Å². The fraction of sp³-hybridized carbons (Fsp3) is 0.192. The molecule has 0 atom stereocenters. The fourth-order valence-corrected chi connectivity index (χ4v) is 4.10. The molecule has 2 aromatic heterocycles. The number of amides is 1. The van der Waals surface area contributed by atoms with Gasteiger partial charge in [0.15, 0.2) is 0 Å². The summed E-state index contributed by atoms with van der Waals surface area (Å²) >= 11 is 0. The second-order valence-corrected chi connectivity index (χ2v) is 7.88. The van der Waals surface area contributed by atoms with Crippen LogP contribution in [0.1, 0.15) is 16.1 Å². The van der Waals surface area contributed by atoms with E-state index in [4.69, 9.17) is 4.98 Å². The van der Waals surface area contributed by atoms with E-state index in [2.05, 4.69) is 34.1 Å². The molecule has 0 spiro atoms. The molecule has 0 saturated carbocycles. The van der Waals surface area contributed by atoms with E-state index in [1.807, 2.05) is 59.6 Å². The number of nitrogens with zero attached hydrogens (tertiary/aromatic N) is 4. The summed E-state index contributed by atoms with van der Waals surface area (Å²) in [5.41, 5.74) is 4.61. The van der Waals surface area contributed by atoms with Gasteiger partial charge in [0.2, 0.25) is 0 Å². The van der Waals surface area contributed by atoms with E-state index in [0.717, 1.165) is 41.7 Å². The van der Waals surface area contributed by atoms with Crippen LogP contribution in [0.15, 0.2) is 85.2 Å². The van der Waals surface area contributed by atoms with Gasteiger partial charge in [0.1, 0.15) is 5.69 Å². The lowest BCUT2D eigenvalue weighted by Crippen LogP contribution is -2.48. The summed E-state index contributed by atoms with van der Waals surface area (Å²) in [4.78, 5) is 26.6. The molecule has 0 unspecified atom stereocenters. The lowest BCUT2D eigenvalue weighted by Gasteiger charge is -2.34. The Kier molecular flexibility index (Phi) is 5.42. The topological polar surface area (TPSA) is 49.3 Å². The Morgan fingerprint density at radius 3 is 2.26 bits per heavy atom. The first-order valence-electron chi connectivity index (χ1n) is 10.6. The van der Waals surface area contributed by atoms with Crippen molar-refractivity contribution in [2.45, 2.75) is 6.54 Å². The van der Waals surface area contributed by atoms with E-state index in [1.54, 1.807) is 6.20 Å². The highest BCUT2D eigenvalue weighted by molar-refractivity contribution is 5.98. The van der Waals surface area contributed by atoms with Crippen molar-refractivity contribution in [2.24, 2.45) is 0 Å². The van der Waals surface area contributed by atoms with Crippen LogP contribution in [0.2, 0.25) is 0 Å². The Labute approximate surface area is 182 Å². The summed E-state index contributed by atoms with van der Waals surface area (Å²) in [6.07, 6.45) is 3.62. The van der Waals surface area contributed by atoms with Crippen LogP contribution >= 0.6 is 0 Å². The fourth-order valence-electron chi connectivity index (χ4n) is 4.10. The minimum atomic E-state index is -0.00270. The molecular weight excluding hydrogens is 384 g/mol. The zero-order chi connectivity index (χ0) is 21.0. The van der Waals surface area contributed by atoms with Crippen LogP contribution in [0.25, 0.3) is 22.0 Å². The van der Waals surface area contributed by atoms with Gasteiger partial charge in [-0.25, -0.2) is 4.98 Å². The average Bonchev–Trinajstić information content (AvgIpc) is 2.84. The molecule has 0 N–H and O–H groups in total. The SMILES string of the molecule is O=C(c1ccc2cncc(-c3ccccc3)c2n1)N1CCN(Cc2ccccc2)CC1. The summed E-state index contributed by atoms with van der Waals surface area (Å²) in [5, 5.41) is 0.936. The molecule has 154 valence electrons. The molecule has 1 aliphatic heterocycles. The maximum Gasteiger partial charge on any atom is 0.272 e.